The van der Waals surface area contributed by atoms with E-state index in [-0.39, 0.29) is 17.3 Å². The molecule has 234 valence electrons. The highest BCUT2D eigenvalue weighted by molar-refractivity contribution is 7.91. The molecule has 2 N–H and O–H groups in total. The van der Waals surface area contributed by atoms with Crippen LogP contribution in [0.15, 0.2) is 53.5 Å². The maximum atomic E-state index is 15.4. The maximum Gasteiger partial charge on any atom is 0.260 e. The summed E-state index contributed by atoms with van der Waals surface area (Å²) in [6.45, 7) is 3.54. The summed E-state index contributed by atoms with van der Waals surface area (Å²) in [4.78, 5) is 25.0. The normalized spacial score (nSPS) is 17.4. The zero-order valence-electron chi connectivity index (χ0n) is 24.9. The average Bonchev–Trinajstić information content (AvgIpc) is 2.94. The number of fused-ring (bicyclic) bond motifs is 1. The minimum absolute atomic E-state index is 0.192. The number of nitrogens with one attached hydrogen (secondary N) is 2. The smallest absolute Gasteiger partial charge is 0.260 e. The van der Waals surface area contributed by atoms with E-state index in [2.05, 4.69) is 39.0 Å². The number of hydrogen-bond donors (Lipinski definition) is 2. The molecule has 1 aliphatic rings. The molecule has 0 unspecified atom stereocenters. The number of halogens is 3. The first-order chi connectivity index (χ1) is 20.8. The second kappa shape index (κ2) is 12.6. The van der Waals surface area contributed by atoms with E-state index in [4.69, 9.17) is 0 Å². The summed E-state index contributed by atoms with van der Waals surface area (Å²) in [5.41, 5.74) is -1.21. The second-order valence-electron chi connectivity index (χ2n) is 11.7. The van der Waals surface area contributed by atoms with Gasteiger partial charge in [0.15, 0.2) is 0 Å². The van der Waals surface area contributed by atoms with Crippen molar-refractivity contribution in [2.75, 3.05) is 24.1 Å². The van der Waals surface area contributed by atoms with Gasteiger partial charge in [0.1, 0.15) is 23.1 Å². The van der Waals surface area contributed by atoms with E-state index in [1.165, 1.54) is 29.0 Å². The van der Waals surface area contributed by atoms with Crippen molar-refractivity contribution >= 4 is 32.7 Å². The molecule has 0 aliphatic heterocycles. The van der Waals surface area contributed by atoms with E-state index in [1.54, 1.807) is 13.8 Å². The summed E-state index contributed by atoms with van der Waals surface area (Å²) in [5.74, 6) is -2.92. The molecule has 0 bridgehead atoms. The van der Waals surface area contributed by atoms with Crippen LogP contribution in [-0.2, 0) is 15.8 Å². The van der Waals surface area contributed by atoms with Crippen LogP contribution in [0.1, 0.15) is 51.1 Å². The molecule has 1 saturated carbocycles. The van der Waals surface area contributed by atoms with E-state index < -0.39 is 50.4 Å². The first-order valence-corrected chi connectivity index (χ1v) is 16.1. The third-order valence-electron chi connectivity index (χ3n) is 7.90. The number of benzene rings is 2. The highest BCUT2D eigenvalue weighted by Crippen LogP contribution is 2.31. The van der Waals surface area contributed by atoms with Gasteiger partial charge in [0.2, 0.25) is 16.0 Å². The number of aromatic nitrogens is 3. The van der Waals surface area contributed by atoms with Gasteiger partial charge >= 0.3 is 0 Å². The van der Waals surface area contributed by atoms with Crippen molar-refractivity contribution in [3.8, 4) is 11.1 Å². The molecule has 5 rings (SSSR count). The molecule has 2 aromatic carbocycles. The largest absolute Gasteiger partial charge is 0.351 e. The molecule has 44 heavy (non-hydrogen) atoms. The monoisotopic (exact) mass is 628 g/mol. The van der Waals surface area contributed by atoms with Crippen molar-refractivity contribution < 1.29 is 21.6 Å². The fraction of sp³-hybridized carbons (Fsp3) is 0.387. The number of pyridine rings is 1. The maximum absolute atomic E-state index is 15.4. The minimum Gasteiger partial charge on any atom is -0.351 e. The third kappa shape index (κ3) is 6.88. The van der Waals surface area contributed by atoms with Crippen LogP contribution in [0.2, 0.25) is 0 Å². The Morgan fingerprint density at radius 2 is 1.64 bits per heavy atom. The molecule has 0 spiro atoms. The van der Waals surface area contributed by atoms with E-state index in [9.17, 15) is 17.6 Å². The number of hydrogen-bond acceptors (Lipinski definition) is 7. The van der Waals surface area contributed by atoms with Crippen LogP contribution in [0, 0.1) is 17.5 Å². The van der Waals surface area contributed by atoms with Gasteiger partial charge in [0, 0.05) is 29.7 Å². The van der Waals surface area contributed by atoms with Crippen LogP contribution in [0.5, 0.6) is 0 Å². The number of anilines is 2. The lowest BCUT2D eigenvalue weighted by atomic mass is 9.91. The van der Waals surface area contributed by atoms with Crippen molar-refractivity contribution in [1.82, 2.24) is 19.4 Å². The molecule has 0 atom stereocenters. The van der Waals surface area contributed by atoms with Gasteiger partial charge in [-0.15, -0.1) is 0 Å². The molecule has 0 amide bonds. The van der Waals surface area contributed by atoms with Gasteiger partial charge in [0.05, 0.1) is 22.6 Å². The van der Waals surface area contributed by atoms with Gasteiger partial charge < -0.3 is 10.2 Å². The number of rotatable bonds is 9. The Hall–Kier alpha value is -3.97. The topological polar surface area (TPSA) is 109 Å². The first kappa shape index (κ1) is 31.5. The molecule has 9 nitrogen and oxygen atoms in total. The molecule has 1 fully saturated rings. The molecule has 0 saturated heterocycles. The Bertz CT molecular complexity index is 1810. The first-order valence-electron chi connectivity index (χ1n) is 14.4. The second-order valence-corrected chi connectivity index (χ2v) is 13.4. The Morgan fingerprint density at radius 3 is 2.23 bits per heavy atom. The van der Waals surface area contributed by atoms with Crippen LogP contribution in [-0.4, -0.2) is 54.0 Å². The summed E-state index contributed by atoms with van der Waals surface area (Å²) >= 11 is 0. The third-order valence-corrected chi connectivity index (χ3v) is 9.16. The molecule has 13 heteroatoms. The van der Waals surface area contributed by atoms with Crippen LogP contribution in [0.25, 0.3) is 22.2 Å². The Labute approximate surface area is 254 Å². The van der Waals surface area contributed by atoms with Crippen LogP contribution < -0.4 is 15.6 Å². The summed E-state index contributed by atoms with van der Waals surface area (Å²) in [7, 11) is 0.0741. The Kier molecular flexibility index (Phi) is 8.98. The predicted octanol–water partition coefficient (Wildman–Crippen LogP) is 5.68. The molecule has 4 aromatic rings. The lowest BCUT2D eigenvalue weighted by Gasteiger charge is -2.33. The van der Waals surface area contributed by atoms with Crippen LogP contribution in [0.4, 0.5) is 24.8 Å². The van der Waals surface area contributed by atoms with E-state index in [0.29, 0.717) is 28.6 Å². The van der Waals surface area contributed by atoms with Gasteiger partial charge in [-0.2, -0.15) is 4.98 Å². The standard InChI is InChI=1S/C31H35F3N6O3S/c1-18(2)40-29-20(16-35-31(37-29)36-22-9-11-24(12-10-22)39(3)4)13-25(30(40)41)28-26(33)14-23(15-27(28)34)38-44(42,43)17-19-5-7-21(32)8-6-19/h5-8,13-16,18,22,24,38H,9-12,17H2,1-4H3,(H,35,36,37)/t22-,24-. The van der Waals surface area contributed by atoms with E-state index in [0.717, 1.165) is 49.9 Å². The lowest BCUT2D eigenvalue weighted by Crippen LogP contribution is -2.36. The van der Waals surface area contributed by atoms with Gasteiger partial charge in [-0.25, -0.2) is 26.6 Å². The number of nitrogens with zero attached hydrogens (tertiary/aromatic N) is 4. The minimum atomic E-state index is -4.08. The van der Waals surface area contributed by atoms with Crippen LogP contribution >= 0.6 is 0 Å². The Balaban J connectivity index is 1.44. The van der Waals surface area contributed by atoms with E-state index in [1.807, 2.05) is 0 Å². The van der Waals surface area contributed by atoms with Gasteiger partial charge in [-0.3, -0.25) is 14.1 Å². The molecule has 1 aliphatic carbocycles. The SMILES string of the molecule is CC(C)n1c(=O)c(-c2c(F)cc(NS(=O)(=O)Cc3ccc(F)cc3)cc2F)cc2cnc(N[C@H]3CC[C@H](N(C)C)CC3)nc21. The van der Waals surface area contributed by atoms with E-state index >= 15 is 8.78 Å². The van der Waals surface area contributed by atoms with Gasteiger partial charge in [-0.05, 0) is 89.5 Å². The summed E-state index contributed by atoms with van der Waals surface area (Å²) in [6, 6.07) is 8.15. The molecule has 2 heterocycles. The highest BCUT2D eigenvalue weighted by Gasteiger charge is 2.25. The number of sulfonamides is 1. The van der Waals surface area contributed by atoms with Crippen molar-refractivity contribution in [3.05, 3.63) is 82.0 Å². The van der Waals surface area contributed by atoms with Crippen molar-refractivity contribution in [1.29, 1.82) is 0 Å². The molecule has 2 aromatic heterocycles. The summed E-state index contributed by atoms with van der Waals surface area (Å²) < 4.78 is 72.8. The lowest BCUT2D eigenvalue weighted by molar-refractivity contribution is 0.221. The highest BCUT2D eigenvalue weighted by atomic mass is 32.2. The van der Waals surface area contributed by atoms with Gasteiger partial charge in [-0.1, -0.05) is 12.1 Å². The molecule has 0 radical (unpaired) electrons. The van der Waals surface area contributed by atoms with Crippen molar-refractivity contribution in [2.24, 2.45) is 0 Å². The quantitative estimate of drug-likeness (QED) is 0.245. The van der Waals surface area contributed by atoms with Crippen molar-refractivity contribution in [3.63, 3.8) is 0 Å². The fourth-order valence-electron chi connectivity index (χ4n) is 5.67. The molecular weight excluding hydrogens is 593 g/mol. The Morgan fingerprint density at radius 1 is 1.00 bits per heavy atom. The molecular formula is C31H35F3N6O3S. The van der Waals surface area contributed by atoms with Crippen LogP contribution in [0.3, 0.4) is 0 Å². The zero-order valence-corrected chi connectivity index (χ0v) is 25.8. The van der Waals surface area contributed by atoms with Gasteiger partial charge in [0.25, 0.3) is 5.56 Å². The zero-order chi connectivity index (χ0) is 31.8. The summed E-state index contributed by atoms with van der Waals surface area (Å²) in [5, 5.41) is 3.79. The fourth-order valence-corrected chi connectivity index (χ4v) is 6.85. The van der Waals surface area contributed by atoms with Crippen molar-refractivity contribution in [2.45, 2.75) is 63.4 Å². The predicted molar refractivity (Wildman–Crippen MR) is 166 cm³/mol. The average molecular weight is 629 g/mol. The summed E-state index contributed by atoms with van der Waals surface area (Å²) in [6.07, 6.45) is 5.52.